The molecule has 0 aliphatic heterocycles. The van der Waals surface area contributed by atoms with Gasteiger partial charge in [-0.05, 0) is 12.1 Å². The zero-order valence-electron chi connectivity index (χ0n) is 7.90. The van der Waals surface area contributed by atoms with Gasteiger partial charge < -0.3 is 9.79 Å². The highest BCUT2D eigenvalue weighted by Gasteiger charge is 2.51. The van der Waals surface area contributed by atoms with Crippen LogP contribution in [0.15, 0.2) is 16.6 Å². The highest BCUT2D eigenvalue weighted by molar-refractivity contribution is 9.10. The van der Waals surface area contributed by atoms with Crippen molar-refractivity contribution in [3.63, 3.8) is 0 Å². The standard InChI is InChI=1S/C8H5BrF3O4P/c9-6-1-4(3-13)7(10)2-5(6)8(11,12)17(14,15)16/h1-3H,(H2,14,15,16). The lowest BCUT2D eigenvalue weighted by Crippen LogP contribution is -2.15. The number of benzene rings is 1. The summed E-state index contributed by atoms with van der Waals surface area (Å²) in [5.41, 5.74) is -6.25. The maximum absolute atomic E-state index is 13.3. The summed E-state index contributed by atoms with van der Waals surface area (Å²) >= 11 is 2.60. The van der Waals surface area contributed by atoms with Crippen LogP contribution in [0.1, 0.15) is 15.9 Å². The smallest absolute Gasteiger partial charge is 0.320 e. The van der Waals surface area contributed by atoms with Crippen LogP contribution in [0.4, 0.5) is 13.2 Å². The van der Waals surface area contributed by atoms with Crippen molar-refractivity contribution in [3.05, 3.63) is 33.5 Å². The number of alkyl halides is 2. The summed E-state index contributed by atoms with van der Waals surface area (Å²) in [5.74, 6) is -1.29. The predicted octanol–water partition coefficient (Wildman–Crippen LogP) is 2.63. The van der Waals surface area contributed by atoms with Crippen LogP contribution in [0.5, 0.6) is 0 Å². The van der Waals surface area contributed by atoms with Crippen molar-refractivity contribution in [2.24, 2.45) is 0 Å². The molecule has 2 N–H and O–H groups in total. The molecule has 1 rings (SSSR count). The molecule has 94 valence electrons. The second-order valence-electron chi connectivity index (χ2n) is 3.06. The molecule has 1 aromatic rings. The van der Waals surface area contributed by atoms with Crippen LogP contribution in [-0.4, -0.2) is 16.1 Å². The van der Waals surface area contributed by atoms with Crippen LogP contribution in [0, 0.1) is 5.82 Å². The monoisotopic (exact) mass is 332 g/mol. The van der Waals surface area contributed by atoms with E-state index < -0.39 is 34.7 Å². The highest BCUT2D eigenvalue weighted by Crippen LogP contribution is 2.60. The average Bonchev–Trinajstić information content (AvgIpc) is 2.18. The normalized spacial score (nSPS) is 12.6. The molecular formula is C8H5BrF3O4P. The third-order valence-corrected chi connectivity index (χ3v) is 3.53. The third kappa shape index (κ3) is 2.60. The Hall–Kier alpha value is -0.690. The van der Waals surface area contributed by atoms with Gasteiger partial charge in [-0.25, -0.2) is 4.39 Å². The molecule has 0 aliphatic carbocycles. The molecular weight excluding hydrogens is 328 g/mol. The van der Waals surface area contributed by atoms with E-state index in [1.54, 1.807) is 0 Å². The number of carbonyl (C=O) groups excluding carboxylic acids is 1. The van der Waals surface area contributed by atoms with Crippen molar-refractivity contribution in [3.8, 4) is 0 Å². The minimum absolute atomic E-state index is 0.0967. The fourth-order valence-electron chi connectivity index (χ4n) is 1.04. The maximum atomic E-state index is 13.3. The van der Waals surface area contributed by atoms with E-state index in [-0.39, 0.29) is 12.4 Å². The van der Waals surface area contributed by atoms with Gasteiger partial charge in [-0.1, -0.05) is 15.9 Å². The van der Waals surface area contributed by atoms with Gasteiger partial charge in [-0.3, -0.25) is 9.36 Å². The van der Waals surface area contributed by atoms with E-state index in [0.717, 1.165) is 6.07 Å². The third-order valence-electron chi connectivity index (χ3n) is 1.90. The summed E-state index contributed by atoms with van der Waals surface area (Å²) in [6, 6.07) is 0.939. The number of halogens is 4. The first-order valence-corrected chi connectivity index (χ1v) is 6.40. The molecule has 0 aromatic heterocycles. The van der Waals surface area contributed by atoms with E-state index in [9.17, 15) is 22.5 Å². The number of rotatable bonds is 3. The number of aldehydes is 1. The fraction of sp³-hybridized carbons (Fsp3) is 0.125. The van der Waals surface area contributed by atoms with Gasteiger partial charge >= 0.3 is 13.3 Å². The zero-order chi connectivity index (χ0) is 13.4. The van der Waals surface area contributed by atoms with Crippen LogP contribution >= 0.6 is 23.5 Å². The first-order valence-electron chi connectivity index (χ1n) is 3.99. The molecule has 0 spiro atoms. The molecule has 0 heterocycles. The molecule has 9 heteroatoms. The number of carbonyl (C=O) groups is 1. The molecule has 0 atom stereocenters. The summed E-state index contributed by atoms with van der Waals surface area (Å²) < 4.78 is 49.8. The molecule has 4 nitrogen and oxygen atoms in total. The van der Waals surface area contributed by atoms with Crippen LogP contribution in [0.2, 0.25) is 0 Å². The molecule has 0 bridgehead atoms. The average molecular weight is 333 g/mol. The van der Waals surface area contributed by atoms with E-state index in [4.69, 9.17) is 9.79 Å². The van der Waals surface area contributed by atoms with Gasteiger partial charge in [0, 0.05) is 4.47 Å². The lowest BCUT2D eigenvalue weighted by Gasteiger charge is -2.19. The Morgan fingerprint density at radius 3 is 2.29 bits per heavy atom. The molecule has 0 saturated carbocycles. The summed E-state index contributed by atoms with van der Waals surface area (Å²) in [4.78, 5) is 27.3. The van der Waals surface area contributed by atoms with Gasteiger partial charge in [0.05, 0.1) is 11.1 Å². The molecule has 0 aliphatic rings. The minimum atomic E-state index is -5.78. The van der Waals surface area contributed by atoms with Crippen molar-refractivity contribution >= 4 is 29.8 Å². The van der Waals surface area contributed by atoms with Crippen molar-refractivity contribution in [1.82, 2.24) is 0 Å². The molecule has 17 heavy (non-hydrogen) atoms. The maximum Gasteiger partial charge on any atom is 0.399 e. The van der Waals surface area contributed by atoms with Gasteiger partial charge in [-0.15, -0.1) is 0 Å². The Labute approximate surface area is 102 Å². The molecule has 0 amide bonds. The Kier molecular flexibility index (Phi) is 3.83. The summed E-state index contributed by atoms with van der Waals surface area (Å²) in [6.45, 7) is 0. The Morgan fingerprint density at radius 2 is 1.88 bits per heavy atom. The lowest BCUT2D eigenvalue weighted by molar-refractivity contribution is 0.0554. The SMILES string of the molecule is O=Cc1cc(Br)c(C(F)(F)P(=O)(O)O)cc1F. The molecule has 0 unspecified atom stereocenters. The predicted molar refractivity (Wildman–Crippen MR) is 55.4 cm³/mol. The zero-order valence-corrected chi connectivity index (χ0v) is 10.4. The van der Waals surface area contributed by atoms with Gasteiger partial charge in [0.25, 0.3) is 0 Å². The Morgan fingerprint density at radius 1 is 1.35 bits per heavy atom. The highest BCUT2D eigenvalue weighted by atomic mass is 79.9. The Balaban J connectivity index is 3.49. The number of hydrogen-bond donors (Lipinski definition) is 2. The Bertz CT molecular complexity index is 514. The van der Waals surface area contributed by atoms with Crippen molar-refractivity contribution < 1.29 is 32.3 Å². The van der Waals surface area contributed by atoms with Crippen molar-refractivity contribution in [2.75, 3.05) is 0 Å². The molecule has 0 fully saturated rings. The molecule has 0 radical (unpaired) electrons. The first kappa shape index (κ1) is 14.4. The van der Waals surface area contributed by atoms with Crippen LogP contribution in [-0.2, 0) is 10.2 Å². The van der Waals surface area contributed by atoms with Crippen LogP contribution in [0.3, 0.4) is 0 Å². The summed E-state index contributed by atoms with van der Waals surface area (Å²) in [7, 11) is -5.78. The lowest BCUT2D eigenvalue weighted by atomic mass is 10.1. The molecule has 1 aromatic carbocycles. The second kappa shape index (κ2) is 4.53. The van der Waals surface area contributed by atoms with E-state index in [2.05, 4.69) is 15.9 Å². The van der Waals surface area contributed by atoms with E-state index in [0.29, 0.717) is 0 Å². The topological polar surface area (TPSA) is 74.6 Å². The van der Waals surface area contributed by atoms with Crippen molar-refractivity contribution in [1.29, 1.82) is 0 Å². The van der Waals surface area contributed by atoms with Gasteiger partial charge in [0.1, 0.15) is 5.82 Å². The van der Waals surface area contributed by atoms with E-state index in [1.165, 1.54) is 0 Å². The fourth-order valence-corrected chi connectivity index (χ4v) is 2.30. The number of hydrogen-bond acceptors (Lipinski definition) is 2. The summed E-state index contributed by atoms with van der Waals surface area (Å²) in [5, 5.41) is 0. The molecule has 0 saturated heterocycles. The van der Waals surface area contributed by atoms with Gasteiger partial charge in [0.15, 0.2) is 6.29 Å². The van der Waals surface area contributed by atoms with E-state index >= 15 is 0 Å². The van der Waals surface area contributed by atoms with Crippen molar-refractivity contribution in [2.45, 2.75) is 5.66 Å². The van der Waals surface area contributed by atoms with Gasteiger partial charge in [0.2, 0.25) is 0 Å². The minimum Gasteiger partial charge on any atom is -0.320 e. The van der Waals surface area contributed by atoms with E-state index in [1.807, 2.05) is 0 Å². The second-order valence-corrected chi connectivity index (χ2v) is 5.56. The van der Waals surface area contributed by atoms with Crippen LogP contribution < -0.4 is 0 Å². The quantitative estimate of drug-likeness (QED) is 0.659. The largest absolute Gasteiger partial charge is 0.399 e. The van der Waals surface area contributed by atoms with Gasteiger partial charge in [-0.2, -0.15) is 8.78 Å². The first-order chi connectivity index (χ1) is 7.61. The summed E-state index contributed by atoms with van der Waals surface area (Å²) in [6.07, 6.45) is 0.0967. The van der Waals surface area contributed by atoms with Crippen LogP contribution in [0.25, 0.3) is 0 Å².